The molecule has 0 aliphatic heterocycles. The minimum atomic E-state index is 0.499. The number of alkyl halides is 1. The maximum atomic E-state index is 6.16. The number of unbranched alkanes of at least 4 members (excludes halogenated alkanes) is 1. The Morgan fingerprint density at radius 1 is 1.13 bits per heavy atom. The zero-order valence-corrected chi connectivity index (χ0v) is 19.2. The van der Waals surface area contributed by atoms with Crippen molar-refractivity contribution in [3.63, 3.8) is 0 Å². The molecule has 0 spiro atoms. The van der Waals surface area contributed by atoms with E-state index in [1.165, 1.54) is 27.6 Å². The summed E-state index contributed by atoms with van der Waals surface area (Å²) < 4.78 is 5.83. The van der Waals surface area contributed by atoms with Crippen molar-refractivity contribution in [2.24, 2.45) is 0 Å². The lowest BCUT2D eigenvalue weighted by molar-refractivity contribution is 0.475. The van der Waals surface area contributed by atoms with Crippen LogP contribution in [0.15, 0.2) is 35.3 Å². The fraction of sp³-hybridized carbons (Fsp3) is 0.333. The predicted octanol–water partition coefficient (Wildman–Crippen LogP) is 7.08. The Labute approximate surface area is 186 Å². The number of rotatable bonds is 8. The van der Waals surface area contributed by atoms with Crippen LogP contribution in [0.5, 0.6) is 0 Å². The van der Waals surface area contributed by atoms with Crippen LogP contribution < -0.4 is 0 Å². The summed E-state index contributed by atoms with van der Waals surface area (Å²) in [7, 11) is 0. The first-order chi connectivity index (χ1) is 14.5. The molecule has 0 bridgehead atoms. The van der Waals surface area contributed by atoms with Crippen molar-refractivity contribution in [1.29, 1.82) is 0 Å². The molecule has 0 unspecified atom stereocenters. The number of thiophene rings is 1. The van der Waals surface area contributed by atoms with E-state index in [1.54, 1.807) is 11.3 Å². The van der Waals surface area contributed by atoms with Gasteiger partial charge in [-0.3, -0.25) is 0 Å². The van der Waals surface area contributed by atoms with Gasteiger partial charge in [-0.2, -0.15) is 0 Å². The van der Waals surface area contributed by atoms with Gasteiger partial charge in [0.25, 0.3) is 0 Å². The van der Waals surface area contributed by atoms with Crippen molar-refractivity contribution in [1.82, 2.24) is 15.2 Å². The Morgan fingerprint density at radius 2 is 1.90 bits per heavy atom. The van der Waals surface area contributed by atoms with Crippen molar-refractivity contribution in [2.75, 3.05) is 5.88 Å². The fourth-order valence-electron chi connectivity index (χ4n) is 3.81. The Balaban J connectivity index is 1.71. The van der Waals surface area contributed by atoms with Crippen LogP contribution in [0.3, 0.4) is 0 Å². The van der Waals surface area contributed by atoms with Crippen molar-refractivity contribution in [3.05, 3.63) is 64.2 Å². The highest BCUT2D eigenvalue weighted by molar-refractivity contribution is 7.19. The molecule has 6 heteroatoms. The molecule has 3 heterocycles. The van der Waals surface area contributed by atoms with Crippen molar-refractivity contribution < 1.29 is 4.42 Å². The SMILES string of the molecule is C=C(c1nnc(CCCC)o1)c1cc2c(CCCl)c(-c3cc(C)cc(C)c3)[nH]c2s1. The average Bonchev–Trinajstić information content (AvgIpc) is 3.41. The third kappa shape index (κ3) is 4.09. The van der Waals surface area contributed by atoms with Gasteiger partial charge in [-0.15, -0.1) is 33.1 Å². The number of aromatic nitrogens is 3. The first kappa shape index (κ1) is 20.9. The summed E-state index contributed by atoms with van der Waals surface area (Å²) in [4.78, 5) is 5.78. The van der Waals surface area contributed by atoms with Crippen LogP contribution in [0.4, 0.5) is 0 Å². The molecule has 0 atom stereocenters. The number of aryl methyl sites for hydroxylation is 4. The highest BCUT2D eigenvalue weighted by Gasteiger charge is 2.19. The van der Waals surface area contributed by atoms with E-state index < -0.39 is 0 Å². The van der Waals surface area contributed by atoms with Gasteiger partial charge in [0.05, 0.1) is 5.69 Å². The smallest absolute Gasteiger partial charge is 0.248 e. The number of H-pyrrole nitrogens is 1. The first-order valence-electron chi connectivity index (χ1n) is 10.3. The van der Waals surface area contributed by atoms with Gasteiger partial charge in [0, 0.05) is 28.1 Å². The zero-order chi connectivity index (χ0) is 21.3. The van der Waals surface area contributed by atoms with E-state index in [0.717, 1.165) is 46.7 Å². The molecule has 156 valence electrons. The van der Waals surface area contributed by atoms with E-state index in [2.05, 4.69) is 66.8 Å². The molecule has 30 heavy (non-hydrogen) atoms. The molecule has 0 aliphatic rings. The largest absolute Gasteiger partial charge is 0.421 e. The molecule has 1 aromatic carbocycles. The summed E-state index contributed by atoms with van der Waals surface area (Å²) in [6.07, 6.45) is 3.75. The Kier molecular flexibility index (Phi) is 6.11. The molecular weight excluding hydrogens is 414 g/mol. The molecule has 0 saturated carbocycles. The number of aromatic amines is 1. The van der Waals surface area contributed by atoms with Crippen LogP contribution in [0.25, 0.3) is 27.0 Å². The molecule has 0 radical (unpaired) electrons. The number of nitrogens with zero attached hydrogens (tertiary/aromatic N) is 2. The van der Waals surface area contributed by atoms with Crippen LogP contribution in [0.2, 0.25) is 0 Å². The summed E-state index contributed by atoms with van der Waals surface area (Å²) >= 11 is 7.83. The highest BCUT2D eigenvalue weighted by Crippen LogP contribution is 2.39. The van der Waals surface area contributed by atoms with Crippen molar-refractivity contribution >= 4 is 38.7 Å². The van der Waals surface area contributed by atoms with Gasteiger partial charge in [-0.25, -0.2) is 0 Å². The van der Waals surface area contributed by atoms with Gasteiger partial charge in [0.1, 0.15) is 4.83 Å². The molecule has 4 aromatic rings. The minimum absolute atomic E-state index is 0.499. The predicted molar refractivity (Wildman–Crippen MR) is 127 cm³/mol. The number of fused-ring (bicyclic) bond motifs is 1. The second kappa shape index (κ2) is 8.78. The van der Waals surface area contributed by atoms with Crippen LogP contribution in [0.1, 0.15) is 53.1 Å². The lowest BCUT2D eigenvalue weighted by Gasteiger charge is -2.07. The topological polar surface area (TPSA) is 54.7 Å². The molecule has 0 amide bonds. The molecule has 0 aliphatic carbocycles. The monoisotopic (exact) mass is 439 g/mol. The number of hydrogen-bond donors (Lipinski definition) is 1. The van der Waals surface area contributed by atoms with Gasteiger partial charge in [-0.05, 0) is 56.0 Å². The van der Waals surface area contributed by atoms with E-state index in [-0.39, 0.29) is 0 Å². The van der Waals surface area contributed by atoms with Crippen molar-refractivity contribution in [3.8, 4) is 11.3 Å². The minimum Gasteiger partial charge on any atom is -0.421 e. The van der Waals surface area contributed by atoms with E-state index in [0.29, 0.717) is 17.7 Å². The molecule has 3 aromatic heterocycles. The van der Waals surface area contributed by atoms with E-state index in [9.17, 15) is 0 Å². The third-order valence-corrected chi connectivity index (χ3v) is 6.52. The summed E-state index contributed by atoms with van der Waals surface area (Å²) in [6.45, 7) is 10.6. The molecule has 0 saturated heterocycles. The van der Waals surface area contributed by atoms with Gasteiger partial charge < -0.3 is 9.40 Å². The summed E-state index contributed by atoms with van der Waals surface area (Å²) in [5.74, 6) is 1.75. The Hall–Kier alpha value is -2.37. The van der Waals surface area contributed by atoms with Gasteiger partial charge >= 0.3 is 0 Å². The molecule has 4 rings (SSSR count). The zero-order valence-electron chi connectivity index (χ0n) is 17.6. The molecule has 1 N–H and O–H groups in total. The number of nitrogens with one attached hydrogen (secondary N) is 1. The van der Waals surface area contributed by atoms with E-state index in [1.807, 2.05) is 0 Å². The molecular formula is C24H26ClN3OS. The van der Waals surface area contributed by atoms with Gasteiger partial charge in [0.15, 0.2) is 0 Å². The second-order valence-electron chi connectivity index (χ2n) is 7.73. The van der Waals surface area contributed by atoms with E-state index in [4.69, 9.17) is 16.0 Å². The van der Waals surface area contributed by atoms with Crippen molar-refractivity contribution in [2.45, 2.75) is 46.5 Å². The standard InChI is InChI=1S/C24H26ClN3OS/c1-5-6-7-21-27-28-23(29-21)16(4)20-13-19-18(8-9-25)22(26-24(19)30-20)17-11-14(2)10-15(3)12-17/h10-13,26H,4-9H2,1-3H3. The number of hydrogen-bond acceptors (Lipinski definition) is 4. The second-order valence-corrected chi connectivity index (χ2v) is 9.16. The van der Waals surface area contributed by atoms with Crippen LogP contribution >= 0.6 is 22.9 Å². The van der Waals surface area contributed by atoms with Crippen LogP contribution in [0, 0.1) is 13.8 Å². The maximum Gasteiger partial charge on any atom is 0.248 e. The third-order valence-electron chi connectivity index (χ3n) is 5.22. The molecule has 4 nitrogen and oxygen atoms in total. The maximum absolute atomic E-state index is 6.16. The highest BCUT2D eigenvalue weighted by atomic mass is 35.5. The normalized spacial score (nSPS) is 11.5. The quantitative estimate of drug-likeness (QED) is 0.298. The number of benzene rings is 1. The summed E-state index contributed by atoms with van der Waals surface area (Å²) in [5, 5.41) is 9.55. The lowest BCUT2D eigenvalue weighted by Crippen LogP contribution is -1.91. The lowest BCUT2D eigenvalue weighted by atomic mass is 10.0. The fourth-order valence-corrected chi connectivity index (χ4v) is 5.05. The summed E-state index contributed by atoms with van der Waals surface area (Å²) in [5.41, 5.74) is 6.88. The Morgan fingerprint density at radius 3 is 2.60 bits per heavy atom. The Bertz CT molecular complexity index is 1180. The van der Waals surface area contributed by atoms with Crippen LogP contribution in [-0.4, -0.2) is 21.1 Å². The first-order valence-corrected chi connectivity index (χ1v) is 11.7. The number of halogens is 1. The van der Waals surface area contributed by atoms with Gasteiger partial charge in [0.2, 0.25) is 11.8 Å². The van der Waals surface area contributed by atoms with Crippen LogP contribution in [-0.2, 0) is 12.8 Å². The average molecular weight is 440 g/mol. The van der Waals surface area contributed by atoms with Gasteiger partial charge in [-0.1, -0.05) is 37.1 Å². The molecule has 0 fully saturated rings. The summed E-state index contributed by atoms with van der Waals surface area (Å²) in [6, 6.07) is 8.80. The van der Waals surface area contributed by atoms with E-state index >= 15 is 0 Å².